The molecule has 0 fully saturated rings. The number of hydrogen-bond acceptors (Lipinski definition) is 3. The highest BCUT2D eigenvalue weighted by Gasteiger charge is 2.08. The second-order valence-electron chi connectivity index (χ2n) is 3.46. The van der Waals surface area contributed by atoms with Gasteiger partial charge in [0, 0.05) is 18.2 Å². The van der Waals surface area contributed by atoms with E-state index >= 15 is 0 Å². The largest absolute Gasteiger partial charge is 0.394 e. The van der Waals surface area contributed by atoms with Crippen molar-refractivity contribution in [2.45, 2.75) is 19.5 Å². The van der Waals surface area contributed by atoms with Crippen molar-refractivity contribution in [3.05, 3.63) is 35.4 Å². The summed E-state index contributed by atoms with van der Waals surface area (Å²) in [5.41, 5.74) is 6.96. The Kier molecular flexibility index (Phi) is 4.27. The van der Waals surface area contributed by atoms with Crippen LogP contribution in [0.2, 0.25) is 0 Å². The van der Waals surface area contributed by atoms with E-state index in [4.69, 9.17) is 10.8 Å². The van der Waals surface area contributed by atoms with E-state index in [0.717, 1.165) is 5.56 Å². The van der Waals surface area contributed by atoms with E-state index in [2.05, 4.69) is 5.32 Å². The van der Waals surface area contributed by atoms with Gasteiger partial charge < -0.3 is 16.2 Å². The summed E-state index contributed by atoms with van der Waals surface area (Å²) in [4.78, 5) is 11.6. The number of benzene rings is 1. The highest BCUT2D eigenvalue weighted by Crippen LogP contribution is 2.04. The third-order valence-corrected chi connectivity index (χ3v) is 2.08. The van der Waals surface area contributed by atoms with E-state index < -0.39 is 0 Å². The predicted molar refractivity (Wildman–Crippen MR) is 58.3 cm³/mol. The maximum Gasteiger partial charge on any atom is 0.251 e. The lowest BCUT2D eigenvalue weighted by atomic mass is 10.1. The number of rotatable bonds is 4. The molecule has 0 bridgehead atoms. The molecule has 1 amide bonds. The molecule has 1 atom stereocenters. The van der Waals surface area contributed by atoms with E-state index in [1.165, 1.54) is 0 Å². The molecule has 4 heteroatoms. The Morgan fingerprint density at radius 1 is 1.60 bits per heavy atom. The molecule has 0 saturated heterocycles. The van der Waals surface area contributed by atoms with Gasteiger partial charge in [-0.3, -0.25) is 4.79 Å². The number of nitrogens with one attached hydrogen (secondary N) is 1. The van der Waals surface area contributed by atoms with Crippen LogP contribution in [0.15, 0.2) is 24.3 Å². The zero-order chi connectivity index (χ0) is 11.3. The second-order valence-corrected chi connectivity index (χ2v) is 3.46. The van der Waals surface area contributed by atoms with Crippen LogP contribution in [0.3, 0.4) is 0 Å². The molecule has 0 radical (unpaired) electrons. The van der Waals surface area contributed by atoms with Crippen LogP contribution < -0.4 is 11.1 Å². The first-order chi connectivity index (χ1) is 7.17. The SMILES string of the molecule is C[C@@H](CO)NC(=O)c1cccc(CN)c1. The third kappa shape index (κ3) is 3.34. The van der Waals surface area contributed by atoms with Crippen LogP contribution in [-0.4, -0.2) is 23.7 Å². The van der Waals surface area contributed by atoms with Gasteiger partial charge in [-0.05, 0) is 24.6 Å². The summed E-state index contributed by atoms with van der Waals surface area (Å²) in [7, 11) is 0. The van der Waals surface area contributed by atoms with Crippen molar-refractivity contribution in [3.63, 3.8) is 0 Å². The number of carbonyl (C=O) groups excluding carboxylic acids is 1. The average Bonchev–Trinajstić information content (AvgIpc) is 2.28. The van der Waals surface area contributed by atoms with E-state index in [1.54, 1.807) is 25.1 Å². The van der Waals surface area contributed by atoms with Crippen molar-refractivity contribution in [2.75, 3.05) is 6.61 Å². The lowest BCUT2D eigenvalue weighted by Gasteiger charge is -2.11. The minimum atomic E-state index is -0.237. The molecule has 1 aromatic carbocycles. The van der Waals surface area contributed by atoms with E-state index in [9.17, 15) is 4.79 Å². The molecule has 0 aromatic heterocycles. The van der Waals surface area contributed by atoms with Gasteiger partial charge in [-0.25, -0.2) is 0 Å². The predicted octanol–water partition coefficient (Wildman–Crippen LogP) is 0.256. The first kappa shape index (κ1) is 11.7. The van der Waals surface area contributed by atoms with Gasteiger partial charge in [0.25, 0.3) is 5.91 Å². The Bertz CT molecular complexity index is 339. The maximum atomic E-state index is 11.6. The minimum Gasteiger partial charge on any atom is -0.394 e. The molecule has 0 aliphatic rings. The highest BCUT2D eigenvalue weighted by molar-refractivity contribution is 5.94. The molecule has 1 aromatic rings. The van der Waals surface area contributed by atoms with Crippen molar-refractivity contribution in [2.24, 2.45) is 5.73 Å². The molecule has 0 aliphatic heterocycles. The fraction of sp³-hybridized carbons (Fsp3) is 0.364. The summed E-state index contributed by atoms with van der Waals surface area (Å²) in [5, 5.41) is 11.5. The minimum absolute atomic E-state index is 0.0671. The van der Waals surface area contributed by atoms with Gasteiger partial charge >= 0.3 is 0 Å². The monoisotopic (exact) mass is 208 g/mol. The zero-order valence-electron chi connectivity index (χ0n) is 8.73. The Morgan fingerprint density at radius 2 is 2.33 bits per heavy atom. The van der Waals surface area contributed by atoms with Gasteiger partial charge in [0.05, 0.1) is 6.61 Å². The normalized spacial score (nSPS) is 12.2. The van der Waals surface area contributed by atoms with Crippen molar-refractivity contribution >= 4 is 5.91 Å². The summed E-state index contributed by atoms with van der Waals surface area (Å²) < 4.78 is 0. The number of hydrogen-bond donors (Lipinski definition) is 3. The molecule has 0 saturated carbocycles. The highest BCUT2D eigenvalue weighted by atomic mass is 16.3. The standard InChI is InChI=1S/C11H16N2O2/c1-8(7-14)13-11(15)10-4-2-3-9(5-10)6-12/h2-5,8,14H,6-7,12H2,1H3,(H,13,15)/t8-/m0/s1. The maximum absolute atomic E-state index is 11.6. The summed E-state index contributed by atoms with van der Waals surface area (Å²) in [6.07, 6.45) is 0. The quantitative estimate of drug-likeness (QED) is 0.664. The van der Waals surface area contributed by atoms with Gasteiger partial charge in [-0.2, -0.15) is 0 Å². The van der Waals surface area contributed by atoms with Crippen LogP contribution in [0.4, 0.5) is 0 Å². The van der Waals surface area contributed by atoms with Crippen molar-refractivity contribution in [3.8, 4) is 0 Å². The smallest absolute Gasteiger partial charge is 0.251 e. The lowest BCUT2D eigenvalue weighted by Crippen LogP contribution is -2.35. The summed E-state index contributed by atoms with van der Waals surface area (Å²) >= 11 is 0. The summed E-state index contributed by atoms with van der Waals surface area (Å²) in [6, 6.07) is 6.89. The molecule has 0 aliphatic carbocycles. The van der Waals surface area contributed by atoms with Crippen LogP contribution in [0.25, 0.3) is 0 Å². The summed E-state index contributed by atoms with van der Waals surface area (Å²) in [5.74, 6) is -0.188. The number of nitrogens with two attached hydrogens (primary N) is 1. The molecule has 0 unspecified atom stereocenters. The van der Waals surface area contributed by atoms with Crippen LogP contribution in [0.1, 0.15) is 22.8 Å². The molecule has 4 N–H and O–H groups in total. The molecular weight excluding hydrogens is 192 g/mol. The van der Waals surface area contributed by atoms with Crippen molar-refractivity contribution in [1.82, 2.24) is 5.32 Å². The van der Waals surface area contributed by atoms with E-state index in [0.29, 0.717) is 12.1 Å². The van der Waals surface area contributed by atoms with Crippen molar-refractivity contribution < 1.29 is 9.90 Å². The van der Waals surface area contributed by atoms with Gasteiger partial charge in [0.15, 0.2) is 0 Å². The number of aliphatic hydroxyl groups excluding tert-OH is 1. The van der Waals surface area contributed by atoms with E-state index in [-0.39, 0.29) is 18.6 Å². The fourth-order valence-electron chi connectivity index (χ4n) is 1.19. The van der Waals surface area contributed by atoms with Gasteiger partial charge in [-0.15, -0.1) is 0 Å². The third-order valence-electron chi connectivity index (χ3n) is 2.08. The van der Waals surface area contributed by atoms with Crippen LogP contribution in [-0.2, 0) is 6.54 Å². The fourth-order valence-corrected chi connectivity index (χ4v) is 1.19. The van der Waals surface area contributed by atoms with Crippen LogP contribution in [0, 0.1) is 0 Å². The van der Waals surface area contributed by atoms with Crippen LogP contribution >= 0.6 is 0 Å². The molecule has 0 heterocycles. The molecule has 4 nitrogen and oxygen atoms in total. The van der Waals surface area contributed by atoms with E-state index in [1.807, 2.05) is 6.07 Å². The van der Waals surface area contributed by atoms with Crippen LogP contribution in [0.5, 0.6) is 0 Å². The zero-order valence-corrected chi connectivity index (χ0v) is 8.73. The number of amides is 1. The molecule has 15 heavy (non-hydrogen) atoms. The van der Waals surface area contributed by atoms with Gasteiger partial charge in [0.1, 0.15) is 0 Å². The lowest BCUT2D eigenvalue weighted by molar-refractivity contribution is 0.0922. The number of carbonyl (C=O) groups is 1. The Hall–Kier alpha value is -1.39. The molecule has 82 valence electrons. The van der Waals surface area contributed by atoms with Gasteiger partial charge in [0.2, 0.25) is 0 Å². The molecular formula is C11H16N2O2. The summed E-state index contributed by atoms with van der Waals surface area (Å²) in [6.45, 7) is 2.09. The molecule has 1 rings (SSSR count). The first-order valence-corrected chi connectivity index (χ1v) is 4.88. The van der Waals surface area contributed by atoms with Gasteiger partial charge in [-0.1, -0.05) is 12.1 Å². The Labute approximate surface area is 89.1 Å². The molecule has 0 spiro atoms. The average molecular weight is 208 g/mol. The Morgan fingerprint density at radius 3 is 2.93 bits per heavy atom. The Balaban J connectivity index is 2.73. The van der Waals surface area contributed by atoms with Crippen molar-refractivity contribution in [1.29, 1.82) is 0 Å². The number of aliphatic hydroxyl groups is 1. The topological polar surface area (TPSA) is 75.3 Å². The second kappa shape index (κ2) is 5.48. The first-order valence-electron chi connectivity index (χ1n) is 4.88.